The molecule has 0 radical (unpaired) electrons. The minimum Gasteiger partial charge on any atom is -0.454 e. The van der Waals surface area contributed by atoms with Crippen molar-refractivity contribution >= 4 is 35.3 Å². The number of amides is 3. The lowest BCUT2D eigenvalue weighted by atomic mass is 10.0. The van der Waals surface area contributed by atoms with Gasteiger partial charge in [-0.3, -0.25) is 19.7 Å². The van der Waals surface area contributed by atoms with Gasteiger partial charge in [0.1, 0.15) is 6.04 Å². The van der Waals surface area contributed by atoms with Crippen LogP contribution in [0.25, 0.3) is 0 Å². The Morgan fingerprint density at radius 3 is 2.20 bits per heavy atom. The molecular weight excluding hydrogens is 408 g/mol. The highest BCUT2D eigenvalue weighted by Crippen LogP contribution is 2.15. The van der Waals surface area contributed by atoms with Crippen molar-refractivity contribution in [3.8, 4) is 0 Å². The molecule has 2 aromatic rings. The maximum atomic E-state index is 12.4. The average Bonchev–Trinajstić information content (AvgIpc) is 2.70. The normalized spacial score (nSPS) is 11.5. The second-order valence-electron chi connectivity index (χ2n) is 6.92. The first-order valence-electron chi connectivity index (χ1n) is 9.36. The maximum Gasteiger partial charge on any atom is 0.329 e. The van der Waals surface area contributed by atoms with Gasteiger partial charge >= 0.3 is 5.97 Å². The second-order valence-corrected chi connectivity index (χ2v) is 7.32. The van der Waals surface area contributed by atoms with E-state index in [-0.39, 0.29) is 22.9 Å². The van der Waals surface area contributed by atoms with Crippen molar-refractivity contribution in [3.05, 3.63) is 70.7 Å². The van der Waals surface area contributed by atoms with Gasteiger partial charge in [0.05, 0.1) is 17.0 Å². The molecule has 0 heterocycles. The minimum atomic E-state index is -0.985. The van der Waals surface area contributed by atoms with Crippen LogP contribution in [0.1, 0.15) is 29.8 Å². The van der Waals surface area contributed by atoms with Gasteiger partial charge in [0.2, 0.25) is 5.91 Å². The first-order chi connectivity index (χ1) is 14.3. The van der Waals surface area contributed by atoms with E-state index in [0.717, 1.165) is 5.56 Å². The lowest BCUT2D eigenvalue weighted by Gasteiger charge is -2.21. The van der Waals surface area contributed by atoms with Gasteiger partial charge in [-0.1, -0.05) is 67.9 Å². The van der Waals surface area contributed by atoms with Gasteiger partial charge in [-0.15, -0.1) is 0 Å². The quantitative estimate of drug-likeness (QED) is 0.626. The molecule has 0 fully saturated rings. The van der Waals surface area contributed by atoms with Crippen molar-refractivity contribution in [3.63, 3.8) is 0 Å². The van der Waals surface area contributed by atoms with E-state index in [1.54, 1.807) is 56.3 Å². The average molecular weight is 431 g/mol. The number of imide groups is 1. The molecule has 0 saturated heterocycles. The first kappa shape index (κ1) is 23.1. The predicted octanol–water partition coefficient (Wildman–Crippen LogP) is 2.52. The molecule has 2 aromatic carbocycles. The van der Waals surface area contributed by atoms with Crippen LogP contribution in [0.2, 0.25) is 5.02 Å². The van der Waals surface area contributed by atoms with Crippen LogP contribution in [0, 0.1) is 5.92 Å². The molecule has 2 rings (SSSR count). The highest BCUT2D eigenvalue weighted by atomic mass is 35.5. The summed E-state index contributed by atoms with van der Waals surface area (Å²) in [6.07, 6.45) is 0.0308. The van der Waals surface area contributed by atoms with E-state index in [9.17, 15) is 19.2 Å². The third-order valence-corrected chi connectivity index (χ3v) is 4.49. The van der Waals surface area contributed by atoms with E-state index < -0.39 is 36.3 Å². The van der Waals surface area contributed by atoms with E-state index in [1.807, 2.05) is 6.07 Å². The summed E-state index contributed by atoms with van der Waals surface area (Å²) in [6.45, 7) is 2.81. The fourth-order valence-corrected chi connectivity index (χ4v) is 2.83. The molecule has 8 heteroatoms. The van der Waals surface area contributed by atoms with Gasteiger partial charge in [0, 0.05) is 0 Å². The maximum absolute atomic E-state index is 12.4. The molecular formula is C22H23ClN2O5. The fourth-order valence-electron chi connectivity index (χ4n) is 2.61. The van der Waals surface area contributed by atoms with Gasteiger partial charge in [-0.05, 0) is 23.6 Å². The van der Waals surface area contributed by atoms with Gasteiger partial charge in [-0.25, -0.2) is 4.79 Å². The lowest BCUT2D eigenvalue weighted by Crippen LogP contribution is -2.46. The van der Waals surface area contributed by atoms with Gasteiger partial charge in [0.25, 0.3) is 11.8 Å². The largest absolute Gasteiger partial charge is 0.454 e. The molecule has 0 spiro atoms. The molecule has 0 aromatic heterocycles. The molecule has 0 aliphatic carbocycles. The molecule has 0 aliphatic rings. The Morgan fingerprint density at radius 1 is 0.933 bits per heavy atom. The highest BCUT2D eigenvalue weighted by molar-refractivity contribution is 6.33. The molecule has 0 unspecified atom stereocenters. The van der Waals surface area contributed by atoms with Crippen LogP contribution in [0.15, 0.2) is 54.6 Å². The number of hydrogen-bond acceptors (Lipinski definition) is 5. The Morgan fingerprint density at radius 2 is 1.57 bits per heavy atom. The molecule has 158 valence electrons. The molecule has 0 aliphatic heterocycles. The Labute approximate surface area is 179 Å². The van der Waals surface area contributed by atoms with Crippen LogP contribution in [0.3, 0.4) is 0 Å². The molecule has 7 nitrogen and oxygen atoms in total. The summed E-state index contributed by atoms with van der Waals surface area (Å²) in [7, 11) is 0. The predicted molar refractivity (Wildman–Crippen MR) is 112 cm³/mol. The number of ether oxygens (including phenoxy) is 1. The zero-order valence-corrected chi connectivity index (χ0v) is 17.4. The van der Waals surface area contributed by atoms with Crippen LogP contribution in [0.4, 0.5) is 0 Å². The molecule has 1 atom stereocenters. The van der Waals surface area contributed by atoms with Crippen molar-refractivity contribution in [2.75, 3.05) is 6.61 Å². The van der Waals surface area contributed by atoms with Crippen LogP contribution < -0.4 is 10.6 Å². The van der Waals surface area contributed by atoms with Crippen molar-refractivity contribution in [2.24, 2.45) is 5.92 Å². The summed E-state index contributed by atoms with van der Waals surface area (Å²) in [6, 6.07) is 14.4. The molecule has 30 heavy (non-hydrogen) atoms. The molecule has 0 bridgehead atoms. The highest BCUT2D eigenvalue weighted by Gasteiger charge is 2.27. The van der Waals surface area contributed by atoms with E-state index in [2.05, 4.69) is 10.6 Å². The molecule has 2 N–H and O–H groups in total. The Kier molecular flexibility index (Phi) is 8.55. The topological polar surface area (TPSA) is 102 Å². The van der Waals surface area contributed by atoms with E-state index in [1.165, 1.54) is 6.07 Å². The zero-order valence-electron chi connectivity index (χ0n) is 16.7. The first-order valence-corrected chi connectivity index (χ1v) is 9.74. The van der Waals surface area contributed by atoms with Crippen LogP contribution in [-0.4, -0.2) is 36.3 Å². The van der Waals surface area contributed by atoms with Gasteiger partial charge in [0.15, 0.2) is 6.61 Å². The number of carbonyl (C=O) groups excluding carboxylic acids is 4. The van der Waals surface area contributed by atoms with Crippen molar-refractivity contribution in [1.29, 1.82) is 0 Å². The SMILES string of the molecule is CC(C)[C@H](NC(=O)c1ccccc1Cl)C(=O)OCC(=O)NC(=O)Cc1ccccc1. The lowest BCUT2D eigenvalue weighted by molar-refractivity contribution is -0.152. The number of esters is 1. The van der Waals surface area contributed by atoms with Crippen molar-refractivity contribution in [2.45, 2.75) is 26.3 Å². The van der Waals surface area contributed by atoms with Crippen molar-refractivity contribution < 1.29 is 23.9 Å². The zero-order chi connectivity index (χ0) is 22.1. The van der Waals surface area contributed by atoms with Crippen LogP contribution in [0.5, 0.6) is 0 Å². The van der Waals surface area contributed by atoms with E-state index in [0.29, 0.717) is 0 Å². The van der Waals surface area contributed by atoms with Crippen molar-refractivity contribution in [1.82, 2.24) is 10.6 Å². The summed E-state index contributed by atoms with van der Waals surface area (Å²) in [4.78, 5) is 48.6. The third-order valence-electron chi connectivity index (χ3n) is 4.16. The number of hydrogen-bond donors (Lipinski definition) is 2. The third kappa shape index (κ3) is 7.00. The van der Waals surface area contributed by atoms with Crippen LogP contribution in [-0.2, 0) is 25.5 Å². The minimum absolute atomic E-state index is 0.0308. The summed E-state index contributed by atoms with van der Waals surface area (Å²) in [5.74, 6) is -2.86. The number of rotatable bonds is 8. The van der Waals surface area contributed by atoms with E-state index in [4.69, 9.17) is 16.3 Å². The monoisotopic (exact) mass is 430 g/mol. The number of nitrogens with one attached hydrogen (secondary N) is 2. The summed E-state index contributed by atoms with van der Waals surface area (Å²) in [5.41, 5.74) is 0.976. The smallest absolute Gasteiger partial charge is 0.329 e. The molecule has 0 saturated carbocycles. The van der Waals surface area contributed by atoms with Gasteiger partial charge in [-0.2, -0.15) is 0 Å². The fraction of sp³-hybridized carbons (Fsp3) is 0.273. The number of halogens is 1. The van der Waals surface area contributed by atoms with Gasteiger partial charge < -0.3 is 10.1 Å². The second kappa shape index (κ2) is 11.1. The molecule has 3 amide bonds. The number of carbonyl (C=O) groups is 4. The van der Waals surface area contributed by atoms with E-state index >= 15 is 0 Å². The number of benzene rings is 2. The van der Waals surface area contributed by atoms with Crippen LogP contribution >= 0.6 is 11.6 Å². The Bertz CT molecular complexity index is 915. The Hall–Kier alpha value is -3.19. The summed E-state index contributed by atoms with van der Waals surface area (Å²) < 4.78 is 4.99. The standard InChI is InChI=1S/C22H23ClN2O5/c1-14(2)20(25-21(28)16-10-6-7-11-17(16)23)22(29)30-13-19(27)24-18(26)12-15-8-4-3-5-9-15/h3-11,14,20H,12-13H2,1-2H3,(H,25,28)(H,24,26,27)/t20-/m0/s1. The Balaban J connectivity index is 1.87. The summed E-state index contributed by atoms with van der Waals surface area (Å²) in [5, 5.41) is 4.99. The summed E-state index contributed by atoms with van der Waals surface area (Å²) >= 11 is 6.01.